The van der Waals surface area contributed by atoms with E-state index in [1.807, 2.05) is 18.1 Å². The molecule has 0 saturated heterocycles. The molecule has 116 valence electrons. The molecule has 0 aliphatic rings. The Balaban J connectivity index is 2.01. The second-order valence-corrected chi connectivity index (χ2v) is 6.54. The van der Waals surface area contributed by atoms with Crippen LogP contribution in [0, 0.1) is 5.92 Å². The zero-order valence-corrected chi connectivity index (χ0v) is 14.8. The number of aryl methyl sites for hydroxylation is 2. The molecule has 0 bridgehead atoms. The Kier molecular flexibility index (Phi) is 5.58. The smallest absolute Gasteiger partial charge is 0.0953 e. The molecule has 0 saturated carbocycles. The zero-order valence-electron chi connectivity index (χ0n) is 13.2. The molecule has 21 heavy (non-hydrogen) atoms. The van der Waals surface area contributed by atoms with E-state index in [2.05, 4.69) is 62.9 Å². The summed E-state index contributed by atoms with van der Waals surface area (Å²) in [4.78, 5) is 4.45. The van der Waals surface area contributed by atoms with E-state index in [0.717, 1.165) is 41.9 Å². The summed E-state index contributed by atoms with van der Waals surface area (Å²) in [6.45, 7) is 9.14. The maximum atomic E-state index is 4.52. The van der Waals surface area contributed by atoms with Crippen LogP contribution in [0.1, 0.15) is 37.9 Å². The van der Waals surface area contributed by atoms with Gasteiger partial charge in [0.2, 0.25) is 0 Å². The maximum absolute atomic E-state index is 4.52. The highest BCUT2D eigenvalue weighted by molar-refractivity contribution is 9.10. The Hall–Kier alpha value is -1.14. The SMILES string of the molecule is CCc1nn(C)c(Cn2cnc(CNCC(C)C)c2)c1Br. The van der Waals surface area contributed by atoms with Crippen molar-refractivity contribution in [2.45, 2.75) is 40.3 Å². The molecule has 0 aliphatic carbocycles. The van der Waals surface area contributed by atoms with Gasteiger partial charge in [-0.1, -0.05) is 20.8 Å². The Labute approximate surface area is 134 Å². The summed E-state index contributed by atoms with van der Waals surface area (Å²) in [6, 6.07) is 0. The number of rotatable bonds is 7. The molecule has 0 spiro atoms. The molecule has 2 aromatic rings. The zero-order chi connectivity index (χ0) is 15.4. The lowest BCUT2D eigenvalue weighted by Crippen LogP contribution is -2.19. The van der Waals surface area contributed by atoms with Crippen LogP contribution in [0.2, 0.25) is 0 Å². The van der Waals surface area contributed by atoms with E-state index in [-0.39, 0.29) is 0 Å². The Morgan fingerprint density at radius 2 is 2.14 bits per heavy atom. The summed E-state index contributed by atoms with van der Waals surface area (Å²) in [5.41, 5.74) is 3.35. The van der Waals surface area contributed by atoms with Gasteiger partial charge in [-0.3, -0.25) is 4.68 Å². The molecule has 0 unspecified atom stereocenters. The average molecular weight is 354 g/mol. The van der Waals surface area contributed by atoms with Gasteiger partial charge < -0.3 is 9.88 Å². The van der Waals surface area contributed by atoms with Crippen LogP contribution in [-0.2, 0) is 26.6 Å². The van der Waals surface area contributed by atoms with Crippen LogP contribution < -0.4 is 5.32 Å². The van der Waals surface area contributed by atoms with E-state index in [4.69, 9.17) is 0 Å². The third-order valence-electron chi connectivity index (χ3n) is 3.38. The van der Waals surface area contributed by atoms with Gasteiger partial charge in [0.25, 0.3) is 0 Å². The van der Waals surface area contributed by atoms with E-state index in [0.29, 0.717) is 5.92 Å². The van der Waals surface area contributed by atoms with Crippen molar-refractivity contribution < 1.29 is 0 Å². The number of nitrogens with zero attached hydrogens (tertiary/aromatic N) is 4. The summed E-state index contributed by atoms with van der Waals surface area (Å²) in [6.07, 6.45) is 4.92. The first-order valence-electron chi connectivity index (χ1n) is 7.42. The second kappa shape index (κ2) is 7.22. The number of halogens is 1. The molecule has 0 radical (unpaired) electrons. The molecule has 0 atom stereocenters. The third kappa shape index (κ3) is 4.17. The minimum absolute atomic E-state index is 0.657. The van der Waals surface area contributed by atoms with Crippen LogP contribution in [0.25, 0.3) is 0 Å². The summed E-state index contributed by atoms with van der Waals surface area (Å²) in [7, 11) is 1.99. The second-order valence-electron chi connectivity index (χ2n) is 5.75. The highest BCUT2D eigenvalue weighted by atomic mass is 79.9. The van der Waals surface area contributed by atoms with Gasteiger partial charge in [0.15, 0.2) is 0 Å². The van der Waals surface area contributed by atoms with Gasteiger partial charge in [-0.2, -0.15) is 5.10 Å². The highest BCUT2D eigenvalue weighted by Gasteiger charge is 2.13. The quantitative estimate of drug-likeness (QED) is 0.832. The fourth-order valence-electron chi connectivity index (χ4n) is 2.24. The molecule has 0 amide bonds. The van der Waals surface area contributed by atoms with Crippen LogP contribution in [0.3, 0.4) is 0 Å². The van der Waals surface area contributed by atoms with Crippen LogP contribution >= 0.6 is 15.9 Å². The van der Waals surface area contributed by atoms with Crippen LogP contribution in [-0.4, -0.2) is 25.9 Å². The van der Waals surface area contributed by atoms with Crippen molar-refractivity contribution in [3.63, 3.8) is 0 Å². The number of aromatic nitrogens is 4. The first kappa shape index (κ1) is 16.2. The van der Waals surface area contributed by atoms with E-state index in [9.17, 15) is 0 Å². The van der Waals surface area contributed by atoms with Gasteiger partial charge in [0.1, 0.15) is 0 Å². The van der Waals surface area contributed by atoms with Crippen LogP contribution in [0.5, 0.6) is 0 Å². The maximum Gasteiger partial charge on any atom is 0.0953 e. The van der Waals surface area contributed by atoms with E-state index in [1.165, 1.54) is 5.69 Å². The van der Waals surface area contributed by atoms with Gasteiger partial charge in [-0.25, -0.2) is 4.98 Å². The molecule has 0 aromatic carbocycles. The predicted octanol–water partition coefficient (Wildman–Crippen LogP) is 2.74. The summed E-state index contributed by atoms with van der Waals surface area (Å²) >= 11 is 3.65. The molecule has 2 aromatic heterocycles. The topological polar surface area (TPSA) is 47.7 Å². The van der Waals surface area contributed by atoms with Crippen molar-refractivity contribution in [1.82, 2.24) is 24.6 Å². The first-order valence-corrected chi connectivity index (χ1v) is 8.22. The van der Waals surface area contributed by atoms with E-state index < -0.39 is 0 Å². The highest BCUT2D eigenvalue weighted by Crippen LogP contribution is 2.22. The minimum Gasteiger partial charge on any atom is -0.331 e. The predicted molar refractivity (Wildman–Crippen MR) is 88.2 cm³/mol. The van der Waals surface area contributed by atoms with Gasteiger partial charge >= 0.3 is 0 Å². The average Bonchev–Trinajstić information content (AvgIpc) is 2.98. The molecule has 6 heteroatoms. The molecule has 0 fully saturated rings. The van der Waals surface area contributed by atoms with Crippen LogP contribution in [0.15, 0.2) is 17.0 Å². The fraction of sp³-hybridized carbons (Fsp3) is 0.600. The molecule has 1 N–H and O–H groups in total. The number of imidazole rings is 1. The Morgan fingerprint density at radius 1 is 1.38 bits per heavy atom. The number of nitrogens with one attached hydrogen (secondary N) is 1. The Bertz CT molecular complexity index is 585. The van der Waals surface area contributed by atoms with Gasteiger partial charge in [0, 0.05) is 19.8 Å². The van der Waals surface area contributed by atoms with Crippen LogP contribution in [0.4, 0.5) is 0 Å². The van der Waals surface area contributed by atoms with Gasteiger partial charge in [-0.15, -0.1) is 0 Å². The molecule has 2 rings (SSSR count). The van der Waals surface area contributed by atoms with E-state index >= 15 is 0 Å². The third-order valence-corrected chi connectivity index (χ3v) is 4.30. The van der Waals surface area contributed by atoms with Crippen molar-refractivity contribution in [1.29, 1.82) is 0 Å². The van der Waals surface area contributed by atoms with Crippen molar-refractivity contribution in [3.8, 4) is 0 Å². The largest absolute Gasteiger partial charge is 0.331 e. The minimum atomic E-state index is 0.657. The molecular weight excluding hydrogens is 330 g/mol. The van der Waals surface area contributed by atoms with Gasteiger partial charge in [0.05, 0.1) is 34.4 Å². The normalized spacial score (nSPS) is 11.5. The van der Waals surface area contributed by atoms with Crippen molar-refractivity contribution >= 4 is 15.9 Å². The van der Waals surface area contributed by atoms with Crippen molar-refractivity contribution in [2.24, 2.45) is 13.0 Å². The summed E-state index contributed by atoms with van der Waals surface area (Å²) in [5.74, 6) is 0.657. The summed E-state index contributed by atoms with van der Waals surface area (Å²) in [5, 5.41) is 7.94. The molecule has 0 aliphatic heterocycles. The molecule has 2 heterocycles. The lowest BCUT2D eigenvalue weighted by molar-refractivity contribution is 0.548. The monoisotopic (exact) mass is 353 g/mol. The fourth-order valence-corrected chi connectivity index (χ4v) is 2.98. The number of hydrogen-bond donors (Lipinski definition) is 1. The Morgan fingerprint density at radius 3 is 2.76 bits per heavy atom. The number of hydrogen-bond acceptors (Lipinski definition) is 3. The van der Waals surface area contributed by atoms with Gasteiger partial charge in [-0.05, 0) is 34.8 Å². The van der Waals surface area contributed by atoms with Crippen molar-refractivity contribution in [3.05, 3.63) is 34.1 Å². The standard InChI is InChI=1S/C15H24BrN5/c1-5-13-15(16)14(20(4)19-13)9-21-8-12(18-10-21)7-17-6-11(2)3/h8,10-11,17H,5-7,9H2,1-4H3. The molecule has 5 nitrogen and oxygen atoms in total. The first-order chi connectivity index (χ1) is 10.0. The molecular formula is C15H24BrN5. The lowest BCUT2D eigenvalue weighted by atomic mass is 10.2. The lowest BCUT2D eigenvalue weighted by Gasteiger charge is -2.05. The summed E-state index contributed by atoms with van der Waals surface area (Å²) < 4.78 is 5.16. The van der Waals surface area contributed by atoms with Crippen molar-refractivity contribution in [2.75, 3.05) is 6.54 Å². The van der Waals surface area contributed by atoms with E-state index in [1.54, 1.807) is 0 Å².